The number of nitrogens with zero attached hydrogens (tertiary/aromatic N) is 2. The Balaban J connectivity index is 1.27. The summed E-state index contributed by atoms with van der Waals surface area (Å²) in [5, 5.41) is 5.58. The Hall–Kier alpha value is -4.21. The first-order chi connectivity index (χ1) is 15.9. The van der Waals surface area contributed by atoms with Crippen molar-refractivity contribution in [1.82, 2.24) is 20.1 Å². The fourth-order valence-electron chi connectivity index (χ4n) is 3.59. The van der Waals surface area contributed by atoms with Gasteiger partial charge in [0, 0.05) is 49.0 Å². The van der Waals surface area contributed by atoms with Crippen LogP contribution in [0.25, 0.3) is 10.9 Å². The lowest BCUT2D eigenvalue weighted by Crippen LogP contribution is -2.53. The van der Waals surface area contributed by atoms with Crippen LogP contribution in [0.15, 0.2) is 59.5 Å². The number of fused-ring (bicyclic) bond motifs is 1. The van der Waals surface area contributed by atoms with Crippen LogP contribution in [0.3, 0.4) is 0 Å². The number of H-pyrrole nitrogens is 1. The topological polar surface area (TPSA) is 115 Å². The number of carbonyl (C=O) groups excluding carboxylic acids is 3. The highest BCUT2D eigenvalue weighted by Gasteiger charge is 2.24. The number of benzene rings is 2. The summed E-state index contributed by atoms with van der Waals surface area (Å²) in [5.41, 5.74) is 0.627. The predicted octanol–water partition coefficient (Wildman–Crippen LogP) is 1.77. The molecule has 0 atom stereocenters. The van der Waals surface area contributed by atoms with Crippen molar-refractivity contribution >= 4 is 34.4 Å². The third-order valence-corrected chi connectivity index (χ3v) is 5.45. The molecule has 0 radical (unpaired) electrons. The molecule has 3 N–H and O–H groups in total. The molecule has 0 unspecified atom stereocenters. The number of hydrogen-bond acceptors (Lipinski definition) is 4. The predicted molar refractivity (Wildman–Crippen MR) is 120 cm³/mol. The van der Waals surface area contributed by atoms with Gasteiger partial charge in [-0.1, -0.05) is 12.1 Å². The number of rotatable bonds is 4. The normalized spacial score (nSPS) is 13.6. The van der Waals surface area contributed by atoms with Crippen LogP contribution < -0.4 is 16.1 Å². The highest BCUT2D eigenvalue weighted by Crippen LogP contribution is 2.11. The van der Waals surface area contributed by atoms with Gasteiger partial charge in [-0.25, -0.2) is 9.18 Å². The highest BCUT2D eigenvalue weighted by atomic mass is 19.1. The number of carbonyl (C=O) groups is 3. The zero-order valence-corrected chi connectivity index (χ0v) is 17.6. The first kappa shape index (κ1) is 22.0. The van der Waals surface area contributed by atoms with Gasteiger partial charge in [0.05, 0.1) is 6.54 Å². The van der Waals surface area contributed by atoms with E-state index in [2.05, 4.69) is 15.6 Å². The first-order valence-electron chi connectivity index (χ1n) is 10.4. The molecule has 2 heterocycles. The van der Waals surface area contributed by atoms with E-state index in [1.165, 1.54) is 30.5 Å². The van der Waals surface area contributed by atoms with E-state index in [0.717, 1.165) is 0 Å². The Morgan fingerprint density at radius 1 is 0.939 bits per heavy atom. The number of anilines is 1. The minimum absolute atomic E-state index is 0.0659. The smallest absolute Gasteiger partial charge is 0.321 e. The summed E-state index contributed by atoms with van der Waals surface area (Å²) >= 11 is 0. The number of pyridine rings is 1. The number of aromatic nitrogens is 1. The zero-order valence-electron chi connectivity index (χ0n) is 17.6. The number of aromatic amines is 1. The molecule has 0 spiro atoms. The molecule has 0 saturated carbocycles. The summed E-state index contributed by atoms with van der Waals surface area (Å²) in [6.45, 7) is 0.991. The van der Waals surface area contributed by atoms with Crippen LogP contribution in [0.1, 0.15) is 10.4 Å². The van der Waals surface area contributed by atoms with E-state index >= 15 is 0 Å². The molecular formula is C23H22FN5O4. The molecule has 1 aliphatic heterocycles. The Morgan fingerprint density at radius 2 is 1.61 bits per heavy atom. The average molecular weight is 451 g/mol. The van der Waals surface area contributed by atoms with Gasteiger partial charge in [-0.15, -0.1) is 0 Å². The molecule has 2 aromatic carbocycles. The summed E-state index contributed by atoms with van der Waals surface area (Å²) in [5.74, 6) is -1.33. The van der Waals surface area contributed by atoms with Gasteiger partial charge < -0.3 is 25.4 Å². The summed E-state index contributed by atoms with van der Waals surface area (Å²) in [7, 11) is 0. The van der Waals surface area contributed by atoms with Crippen molar-refractivity contribution in [3.8, 4) is 0 Å². The van der Waals surface area contributed by atoms with E-state index in [1.807, 2.05) is 0 Å². The van der Waals surface area contributed by atoms with Gasteiger partial charge in [0.15, 0.2) is 0 Å². The van der Waals surface area contributed by atoms with Gasteiger partial charge in [-0.3, -0.25) is 14.4 Å². The van der Waals surface area contributed by atoms with E-state index < -0.39 is 17.2 Å². The van der Waals surface area contributed by atoms with Crippen LogP contribution in [0, 0.1) is 5.82 Å². The Morgan fingerprint density at radius 3 is 2.33 bits per heavy atom. The number of nitrogens with one attached hydrogen (secondary N) is 3. The fraction of sp³-hybridized carbons (Fsp3) is 0.217. The van der Waals surface area contributed by atoms with Crippen LogP contribution in [0.5, 0.6) is 0 Å². The second-order valence-corrected chi connectivity index (χ2v) is 7.56. The summed E-state index contributed by atoms with van der Waals surface area (Å²) in [4.78, 5) is 55.8. The quantitative estimate of drug-likeness (QED) is 0.561. The summed E-state index contributed by atoms with van der Waals surface area (Å²) in [6.07, 6.45) is 1.34. The second kappa shape index (κ2) is 9.51. The molecule has 170 valence electrons. The highest BCUT2D eigenvalue weighted by molar-refractivity contribution is 5.98. The number of urea groups is 1. The summed E-state index contributed by atoms with van der Waals surface area (Å²) in [6, 6.07) is 12.0. The van der Waals surface area contributed by atoms with Crippen LogP contribution in [0.2, 0.25) is 0 Å². The maximum atomic E-state index is 13.0. The molecule has 1 saturated heterocycles. The van der Waals surface area contributed by atoms with Crippen molar-refractivity contribution in [2.75, 3.05) is 38.0 Å². The number of para-hydroxylation sites is 1. The first-order valence-corrected chi connectivity index (χ1v) is 10.4. The lowest BCUT2D eigenvalue weighted by atomic mass is 10.1. The minimum Gasteiger partial charge on any atom is -0.360 e. The van der Waals surface area contributed by atoms with Crippen molar-refractivity contribution in [1.29, 1.82) is 0 Å². The molecule has 4 rings (SSSR count). The Kier molecular flexibility index (Phi) is 6.34. The molecular weight excluding hydrogens is 429 g/mol. The van der Waals surface area contributed by atoms with Gasteiger partial charge in [0.2, 0.25) is 11.3 Å². The van der Waals surface area contributed by atoms with E-state index in [9.17, 15) is 23.6 Å². The molecule has 4 amide bonds. The Labute approximate surface area is 188 Å². The van der Waals surface area contributed by atoms with E-state index in [4.69, 9.17) is 0 Å². The van der Waals surface area contributed by atoms with Crippen molar-refractivity contribution < 1.29 is 18.8 Å². The maximum absolute atomic E-state index is 13.0. The van der Waals surface area contributed by atoms with Gasteiger partial charge in [0.1, 0.15) is 11.4 Å². The van der Waals surface area contributed by atoms with Crippen molar-refractivity contribution in [2.45, 2.75) is 0 Å². The maximum Gasteiger partial charge on any atom is 0.321 e. The average Bonchev–Trinajstić information content (AvgIpc) is 2.84. The number of piperazine rings is 1. The molecule has 10 heteroatoms. The van der Waals surface area contributed by atoms with E-state index in [-0.39, 0.29) is 24.0 Å². The number of hydrogen-bond donors (Lipinski definition) is 3. The molecule has 3 aromatic rings. The SMILES string of the molecule is O=C(NCC(=O)N1CCN(C(=O)Nc2ccc(F)cc2)CC1)c1c[nH]c2ccccc2c1=O. The second-order valence-electron chi connectivity index (χ2n) is 7.56. The monoisotopic (exact) mass is 451 g/mol. The fourth-order valence-corrected chi connectivity index (χ4v) is 3.59. The van der Waals surface area contributed by atoms with Crippen molar-refractivity contribution in [3.63, 3.8) is 0 Å². The molecule has 1 aliphatic rings. The Bertz CT molecular complexity index is 1250. The lowest BCUT2D eigenvalue weighted by Gasteiger charge is -2.34. The lowest BCUT2D eigenvalue weighted by molar-refractivity contribution is -0.131. The number of halogens is 1. The molecule has 0 bridgehead atoms. The van der Waals surface area contributed by atoms with Crippen LogP contribution in [0.4, 0.5) is 14.9 Å². The van der Waals surface area contributed by atoms with Crippen molar-refractivity contribution in [3.05, 3.63) is 76.3 Å². The molecule has 0 aliphatic carbocycles. The van der Waals surface area contributed by atoms with Crippen LogP contribution >= 0.6 is 0 Å². The zero-order chi connectivity index (χ0) is 23.4. The van der Waals surface area contributed by atoms with Crippen molar-refractivity contribution in [2.24, 2.45) is 0 Å². The molecule has 1 aromatic heterocycles. The molecule has 1 fully saturated rings. The largest absolute Gasteiger partial charge is 0.360 e. The van der Waals surface area contributed by atoms with Crippen LogP contribution in [-0.2, 0) is 4.79 Å². The number of amides is 4. The van der Waals surface area contributed by atoms with Gasteiger partial charge in [-0.05, 0) is 36.4 Å². The van der Waals surface area contributed by atoms with E-state index in [0.29, 0.717) is 42.8 Å². The van der Waals surface area contributed by atoms with Gasteiger partial charge in [0.25, 0.3) is 5.91 Å². The third-order valence-electron chi connectivity index (χ3n) is 5.45. The van der Waals surface area contributed by atoms with Gasteiger partial charge in [-0.2, -0.15) is 0 Å². The standard InChI is InChI=1S/C23H22FN5O4/c24-15-5-7-16(8-6-15)27-23(33)29-11-9-28(10-12-29)20(30)14-26-22(32)18-13-25-19-4-2-1-3-17(19)21(18)31/h1-8,13H,9-12,14H2,(H,25,31)(H,26,32)(H,27,33). The third kappa shape index (κ3) is 5.00. The van der Waals surface area contributed by atoms with Gasteiger partial charge >= 0.3 is 6.03 Å². The molecule has 33 heavy (non-hydrogen) atoms. The summed E-state index contributed by atoms with van der Waals surface area (Å²) < 4.78 is 13.0. The minimum atomic E-state index is -0.632. The van der Waals surface area contributed by atoms with Crippen LogP contribution in [-0.4, -0.2) is 65.4 Å². The van der Waals surface area contributed by atoms with E-state index in [1.54, 1.807) is 34.1 Å². The molecule has 9 nitrogen and oxygen atoms in total.